The maximum absolute atomic E-state index is 12.3. The van der Waals surface area contributed by atoms with Gasteiger partial charge in [-0.05, 0) is 75.7 Å². The van der Waals surface area contributed by atoms with Gasteiger partial charge in [-0.15, -0.1) is 0 Å². The molecule has 31 heavy (non-hydrogen) atoms. The van der Waals surface area contributed by atoms with E-state index in [2.05, 4.69) is 15.3 Å². The first-order chi connectivity index (χ1) is 15.2. The minimum Gasteiger partial charge on any atom is -0.494 e. The van der Waals surface area contributed by atoms with Crippen LogP contribution in [0.1, 0.15) is 25.0 Å². The van der Waals surface area contributed by atoms with E-state index in [9.17, 15) is 4.79 Å². The van der Waals surface area contributed by atoms with Gasteiger partial charge >= 0.3 is 6.09 Å². The minimum absolute atomic E-state index is 0.352. The van der Waals surface area contributed by atoms with Crippen molar-refractivity contribution in [3.8, 4) is 17.3 Å². The summed E-state index contributed by atoms with van der Waals surface area (Å²) in [5, 5.41) is 7.17. The van der Waals surface area contributed by atoms with Crippen LogP contribution >= 0.6 is 0 Å². The van der Waals surface area contributed by atoms with E-state index in [4.69, 9.17) is 9.47 Å². The SMILES string of the molecule is Cc1cc(OC(=O)Nc2ccccc2)n(-c2ccc(OCCCN3CCCC3)cc2)n1. The molecule has 162 valence electrons. The molecule has 1 aliphatic rings. The quantitative estimate of drug-likeness (QED) is 0.537. The lowest BCUT2D eigenvalue weighted by atomic mass is 10.3. The highest BCUT2D eigenvalue weighted by Gasteiger charge is 2.14. The summed E-state index contributed by atoms with van der Waals surface area (Å²) in [4.78, 5) is 14.8. The molecule has 0 spiro atoms. The van der Waals surface area contributed by atoms with Crippen LogP contribution < -0.4 is 14.8 Å². The summed E-state index contributed by atoms with van der Waals surface area (Å²) >= 11 is 0. The molecular weight excluding hydrogens is 392 g/mol. The van der Waals surface area contributed by atoms with Crippen LogP contribution in [-0.2, 0) is 0 Å². The Morgan fingerprint density at radius 1 is 1.06 bits per heavy atom. The van der Waals surface area contributed by atoms with Gasteiger partial charge in [0.05, 0.1) is 18.0 Å². The molecule has 0 saturated carbocycles. The first-order valence-electron chi connectivity index (χ1n) is 10.7. The largest absolute Gasteiger partial charge is 0.494 e. The molecule has 1 saturated heterocycles. The molecule has 7 heteroatoms. The van der Waals surface area contributed by atoms with Crippen molar-refractivity contribution in [3.05, 3.63) is 66.4 Å². The van der Waals surface area contributed by atoms with Crippen molar-refractivity contribution in [2.24, 2.45) is 0 Å². The van der Waals surface area contributed by atoms with E-state index in [-0.39, 0.29) is 0 Å². The van der Waals surface area contributed by atoms with Crippen LogP contribution in [0.3, 0.4) is 0 Å². The number of rotatable bonds is 8. The Hall–Kier alpha value is -3.32. The van der Waals surface area contributed by atoms with Gasteiger partial charge in [0.1, 0.15) is 5.75 Å². The third kappa shape index (κ3) is 5.86. The second-order valence-electron chi connectivity index (χ2n) is 7.66. The fraction of sp³-hybridized carbons (Fsp3) is 0.333. The zero-order valence-electron chi connectivity index (χ0n) is 17.8. The second-order valence-corrected chi connectivity index (χ2v) is 7.66. The van der Waals surface area contributed by atoms with Crippen LogP contribution in [0.2, 0.25) is 0 Å². The van der Waals surface area contributed by atoms with E-state index in [1.807, 2.05) is 49.4 Å². The third-order valence-corrected chi connectivity index (χ3v) is 5.18. The zero-order valence-corrected chi connectivity index (χ0v) is 17.8. The van der Waals surface area contributed by atoms with Crippen molar-refractivity contribution in [3.63, 3.8) is 0 Å². The minimum atomic E-state index is -0.565. The van der Waals surface area contributed by atoms with Crippen molar-refractivity contribution in [2.45, 2.75) is 26.2 Å². The van der Waals surface area contributed by atoms with Crippen molar-refractivity contribution in [2.75, 3.05) is 31.6 Å². The molecule has 1 aliphatic heterocycles. The number of nitrogens with one attached hydrogen (secondary N) is 1. The fourth-order valence-electron chi connectivity index (χ4n) is 3.66. The number of benzene rings is 2. The van der Waals surface area contributed by atoms with Crippen molar-refractivity contribution < 1.29 is 14.3 Å². The highest BCUT2D eigenvalue weighted by Crippen LogP contribution is 2.22. The van der Waals surface area contributed by atoms with Gasteiger partial charge in [-0.2, -0.15) is 5.10 Å². The molecule has 0 atom stereocenters. The van der Waals surface area contributed by atoms with Gasteiger partial charge in [-0.1, -0.05) is 18.2 Å². The normalized spacial score (nSPS) is 13.8. The van der Waals surface area contributed by atoms with Crippen LogP contribution in [0.15, 0.2) is 60.7 Å². The lowest BCUT2D eigenvalue weighted by Gasteiger charge is -2.14. The lowest BCUT2D eigenvalue weighted by Crippen LogP contribution is -2.21. The number of hydrogen-bond donors (Lipinski definition) is 1. The average Bonchev–Trinajstić information content (AvgIpc) is 3.42. The van der Waals surface area contributed by atoms with Crippen LogP contribution in [0.25, 0.3) is 5.69 Å². The van der Waals surface area contributed by atoms with Crippen molar-refractivity contribution in [1.82, 2.24) is 14.7 Å². The molecule has 0 bridgehead atoms. The predicted molar refractivity (Wildman–Crippen MR) is 120 cm³/mol. The Labute approximate surface area is 182 Å². The molecule has 1 fully saturated rings. The number of carbonyl (C=O) groups excluding carboxylic acids is 1. The van der Waals surface area contributed by atoms with E-state index in [1.54, 1.807) is 22.9 Å². The Morgan fingerprint density at radius 2 is 1.81 bits per heavy atom. The zero-order chi connectivity index (χ0) is 21.5. The number of para-hydroxylation sites is 1. The van der Waals surface area contributed by atoms with Gasteiger partial charge in [0.25, 0.3) is 0 Å². The summed E-state index contributed by atoms with van der Waals surface area (Å²) in [5.74, 6) is 1.17. The van der Waals surface area contributed by atoms with Crippen LogP contribution in [0, 0.1) is 6.92 Å². The monoisotopic (exact) mass is 420 g/mol. The summed E-state index contributed by atoms with van der Waals surface area (Å²) in [7, 11) is 0. The standard InChI is InChI=1S/C24H28N4O3/c1-19-18-23(31-24(29)25-20-8-3-2-4-9-20)28(26-19)21-10-12-22(13-11-21)30-17-7-16-27-14-5-6-15-27/h2-4,8-13,18H,5-7,14-17H2,1H3,(H,25,29). The summed E-state index contributed by atoms with van der Waals surface area (Å²) in [6.45, 7) is 6.08. The lowest BCUT2D eigenvalue weighted by molar-refractivity contribution is 0.212. The van der Waals surface area contributed by atoms with E-state index in [1.165, 1.54) is 25.9 Å². The van der Waals surface area contributed by atoms with Crippen LogP contribution in [0.4, 0.5) is 10.5 Å². The second kappa shape index (κ2) is 10.1. The topological polar surface area (TPSA) is 68.6 Å². The number of likely N-dealkylation sites (tertiary alicyclic amines) is 1. The summed E-state index contributed by atoms with van der Waals surface area (Å²) < 4.78 is 13.0. The number of ether oxygens (including phenoxy) is 2. The Bertz CT molecular complexity index is 980. The highest BCUT2D eigenvalue weighted by molar-refractivity contribution is 5.86. The first kappa shape index (κ1) is 20.9. The van der Waals surface area contributed by atoms with Crippen LogP contribution in [0.5, 0.6) is 11.6 Å². The molecule has 0 aliphatic carbocycles. The molecule has 0 unspecified atom stereocenters. The van der Waals surface area contributed by atoms with Gasteiger partial charge < -0.3 is 14.4 Å². The van der Waals surface area contributed by atoms with Gasteiger partial charge in [0.15, 0.2) is 0 Å². The van der Waals surface area contributed by atoms with E-state index in [0.29, 0.717) is 18.2 Å². The number of carbonyl (C=O) groups is 1. The van der Waals surface area contributed by atoms with E-state index >= 15 is 0 Å². The number of anilines is 1. The van der Waals surface area contributed by atoms with Gasteiger partial charge in [0, 0.05) is 18.3 Å². The maximum atomic E-state index is 12.3. The summed E-state index contributed by atoms with van der Waals surface area (Å²) in [5.41, 5.74) is 2.21. The average molecular weight is 421 g/mol. The molecule has 4 rings (SSSR count). The van der Waals surface area contributed by atoms with E-state index in [0.717, 1.165) is 30.1 Å². The molecule has 2 heterocycles. The molecule has 1 amide bonds. The number of nitrogens with zero attached hydrogens (tertiary/aromatic N) is 3. The Kier molecular flexibility index (Phi) is 6.84. The van der Waals surface area contributed by atoms with Crippen molar-refractivity contribution >= 4 is 11.8 Å². The molecular formula is C24H28N4O3. The fourth-order valence-corrected chi connectivity index (χ4v) is 3.66. The Balaban J connectivity index is 1.34. The first-order valence-corrected chi connectivity index (χ1v) is 10.7. The van der Waals surface area contributed by atoms with Crippen molar-refractivity contribution in [1.29, 1.82) is 0 Å². The molecule has 2 aromatic carbocycles. The van der Waals surface area contributed by atoms with Gasteiger partial charge in [-0.25, -0.2) is 9.48 Å². The smallest absolute Gasteiger partial charge is 0.418 e. The van der Waals surface area contributed by atoms with Gasteiger partial charge in [0.2, 0.25) is 5.88 Å². The molecule has 7 nitrogen and oxygen atoms in total. The number of aromatic nitrogens is 2. The number of aryl methyl sites for hydroxylation is 1. The summed E-state index contributed by atoms with van der Waals surface area (Å²) in [6.07, 6.45) is 3.09. The van der Waals surface area contributed by atoms with E-state index < -0.39 is 6.09 Å². The molecule has 1 N–H and O–H groups in total. The predicted octanol–water partition coefficient (Wildman–Crippen LogP) is 4.66. The summed E-state index contributed by atoms with van der Waals surface area (Å²) in [6, 6.07) is 18.5. The molecule has 3 aromatic rings. The Morgan fingerprint density at radius 3 is 2.55 bits per heavy atom. The number of amides is 1. The maximum Gasteiger partial charge on any atom is 0.418 e. The molecule has 0 radical (unpaired) electrons. The highest BCUT2D eigenvalue weighted by atomic mass is 16.6. The third-order valence-electron chi connectivity index (χ3n) is 5.18. The number of hydrogen-bond acceptors (Lipinski definition) is 5. The van der Waals surface area contributed by atoms with Crippen LogP contribution in [-0.4, -0.2) is 47.0 Å². The van der Waals surface area contributed by atoms with Gasteiger partial charge in [-0.3, -0.25) is 5.32 Å². The molecule has 1 aromatic heterocycles.